The van der Waals surface area contributed by atoms with Gasteiger partial charge in [0.1, 0.15) is 5.92 Å². The lowest BCUT2D eigenvalue weighted by atomic mass is 10.0. The number of hydrogen-bond donors (Lipinski definition) is 2. The van der Waals surface area contributed by atoms with Gasteiger partial charge in [-0.15, -0.1) is 0 Å². The van der Waals surface area contributed by atoms with Crippen molar-refractivity contribution in [1.29, 1.82) is 0 Å². The van der Waals surface area contributed by atoms with Crippen LogP contribution in [-0.2, 0) is 4.79 Å². The van der Waals surface area contributed by atoms with E-state index < -0.39 is 11.9 Å². The van der Waals surface area contributed by atoms with E-state index in [1.165, 1.54) is 0 Å². The zero-order chi connectivity index (χ0) is 8.43. The molecule has 1 heterocycles. The van der Waals surface area contributed by atoms with Crippen molar-refractivity contribution in [3.63, 3.8) is 0 Å². The number of thiocarbonyl (C=S) groups is 1. The Balaban J connectivity index is 2.80. The smallest absolute Gasteiger partial charge is 0.314 e. The fourth-order valence-electron chi connectivity index (χ4n) is 0.881. The van der Waals surface area contributed by atoms with Gasteiger partial charge in [0.15, 0.2) is 5.11 Å². The third kappa shape index (κ3) is 1.74. The van der Waals surface area contributed by atoms with Gasteiger partial charge in [0.05, 0.1) is 0 Å². The fourth-order valence-corrected chi connectivity index (χ4v) is 1.11. The van der Waals surface area contributed by atoms with Gasteiger partial charge in [-0.2, -0.15) is 0 Å². The van der Waals surface area contributed by atoms with Gasteiger partial charge in [-0.1, -0.05) is 0 Å². The second-order valence-corrected chi connectivity index (χ2v) is 2.72. The summed E-state index contributed by atoms with van der Waals surface area (Å²) in [5.41, 5.74) is 0.571. The number of aliphatic imine (C=N–C) groups is 1. The molecule has 5 heteroatoms. The lowest BCUT2D eigenvalue weighted by Gasteiger charge is -2.18. The molecule has 11 heavy (non-hydrogen) atoms. The molecule has 0 aromatic rings. The Labute approximate surface area is 69.3 Å². The van der Waals surface area contributed by atoms with Gasteiger partial charge in [0, 0.05) is 12.3 Å². The zero-order valence-electron chi connectivity index (χ0n) is 6.00. The van der Waals surface area contributed by atoms with Crippen LogP contribution in [0.25, 0.3) is 0 Å². The van der Waals surface area contributed by atoms with E-state index in [0.29, 0.717) is 17.4 Å². The molecule has 1 aliphatic rings. The molecule has 0 saturated carbocycles. The molecule has 0 fully saturated rings. The molecule has 1 unspecified atom stereocenters. The van der Waals surface area contributed by atoms with E-state index in [1.807, 2.05) is 0 Å². The summed E-state index contributed by atoms with van der Waals surface area (Å²) in [6.45, 7) is 2.02. The molecule has 1 aliphatic heterocycles. The van der Waals surface area contributed by atoms with E-state index in [1.54, 1.807) is 6.92 Å². The third-order valence-corrected chi connectivity index (χ3v) is 1.77. The van der Waals surface area contributed by atoms with Gasteiger partial charge in [-0.05, 0) is 19.1 Å². The monoisotopic (exact) mass is 172 g/mol. The predicted molar refractivity (Wildman–Crippen MR) is 44.8 cm³/mol. The minimum absolute atomic E-state index is 0.351. The van der Waals surface area contributed by atoms with Gasteiger partial charge in [0.25, 0.3) is 0 Å². The van der Waals surface area contributed by atoms with Crippen LogP contribution in [0.4, 0.5) is 0 Å². The van der Waals surface area contributed by atoms with Crippen molar-refractivity contribution in [3.05, 3.63) is 0 Å². The Morgan fingerprint density at radius 2 is 2.55 bits per heavy atom. The van der Waals surface area contributed by atoms with Crippen molar-refractivity contribution in [2.45, 2.75) is 6.92 Å². The van der Waals surface area contributed by atoms with E-state index in [0.717, 1.165) is 0 Å². The Morgan fingerprint density at radius 3 is 3.00 bits per heavy atom. The Kier molecular flexibility index (Phi) is 2.19. The molecule has 0 spiro atoms. The van der Waals surface area contributed by atoms with Crippen LogP contribution < -0.4 is 5.32 Å². The minimum atomic E-state index is -0.860. The zero-order valence-corrected chi connectivity index (χ0v) is 6.81. The maximum Gasteiger partial charge on any atom is 0.314 e. The van der Waals surface area contributed by atoms with E-state index in [4.69, 9.17) is 17.3 Å². The molecule has 0 aromatic heterocycles. The van der Waals surface area contributed by atoms with Crippen LogP contribution in [0.1, 0.15) is 6.92 Å². The normalized spacial score (nSPS) is 23.9. The first-order chi connectivity index (χ1) is 5.11. The van der Waals surface area contributed by atoms with Gasteiger partial charge in [0.2, 0.25) is 0 Å². The number of nitrogens with zero attached hydrogens (tertiary/aromatic N) is 1. The topological polar surface area (TPSA) is 61.7 Å². The van der Waals surface area contributed by atoms with E-state index in [2.05, 4.69) is 10.3 Å². The van der Waals surface area contributed by atoms with Crippen molar-refractivity contribution in [1.82, 2.24) is 5.32 Å². The first kappa shape index (κ1) is 8.13. The van der Waals surface area contributed by atoms with E-state index in [-0.39, 0.29) is 0 Å². The Morgan fingerprint density at radius 1 is 1.91 bits per heavy atom. The molecule has 60 valence electrons. The minimum Gasteiger partial charge on any atom is -0.481 e. The average molecular weight is 172 g/mol. The second-order valence-electron chi connectivity index (χ2n) is 2.33. The summed E-state index contributed by atoms with van der Waals surface area (Å²) in [6.07, 6.45) is 0. The van der Waals surface area contributed by atoms with Crippen LogP contribution in [0.2, 0.25) is 0 Å². The number of carboxylic acids is 1. The highest BCUT2D eigenvalue weighted by atomic mass is 32.1. The predicted octanol–water partition coefficient (Wildman–Crippen LogP) is 0.0362. The molecule has 4 nitrogen and oxygen atoms in total. The van der Waals surface area contributed by atoms with Crippen LogP contribution in [-0.4, -0.2) is 28.4 Å². The Bertz CT molecular complexity index is 237. The van der Waals surface area contributed by atoms with Crippen molar-refractivity contribution in [3.8, 4) is 0 Å². The number of hydrogen-bond acceptors (Lipinski definition) is 2. The molecule has 1 atom stereocenters. The summed E-state index contributed by atoms with van der Waals surface area (Å²) in [6, 6.07) is 0. The van der Waals surface area contributed by atoms with Crippen LogP contribution in [0.5, 0.6) is 0 Å². The largest absolute Gasteiger partial charge is 0.481 e. The van der Waals surface area contributed by atoms with Crippen molar-refractivity contribution >= 4 is 29.0 Å². The number of nitrogens with one attached hydrogen (secondary N) is 1. The average Bonchev–Trinajstić information content (AvgIpc) is 1.85. The summed E-state index contributed by atoms with van der Waals surface area (Å²) in [5, 5.41) is 11.7. The number of aliphatic carboxylic acids is 1. The summed E-state index contributed by atoms with van der Waals surface area (Å²) in [7, 11) is 0. The van der Waals surface area contributed by atoms with E-state index in [9.17, 15) is 4.79 Å². The molecule has 2 N–H and O–H groups in total. The van der Waals surface area contributed by atoms with Gasteiger partial charge < -0.3 is 10.4 Å². The molecular weight excluding hydrogens is 164 g/mol. The van der Waals surface area contributed by atoms with Crippen LogP contribution in [0.3, 0.4) is 0 Å². The third-order valence-electron chi connectivity index (χ3n) is 1.54. The van der Waals surface area contributed by atoms with Gasteiger partial charge in [-0.3, -0.25) is 4.79 Å². The SMILES string of the molecule is CC1=NC(=S)NCC1C(=O)O. The van der Waals surface area contributed by atoms with Gasteiger partial charge in [-0.25, -0.2) is 4.99 Å². The highest BCUT2D eigenvalue weighted by molar-refractivity contribution is 7.80. The van der Waals surface area contributed by atoms with Crippen molar-refractivity contribution in [2.75, 3.05) is 6.54 Å². The first-order valence-electron chi connectivity index (χ1n) is 3.17. The van der Waals surface area contributed by atoms with Crippen LogP contribution in [0, 0.1) is 5.92 Å². The van der Waals surface area contributed by atoms with E-state index >= 15 is 0 Å². The molecule has 1 rings (SSSR count). The molecule has 0 bridgehead atoms. The number of rotatable bonds is 1. The molecule has 0 aromatic carbocycles. The highest BCUT2D eigenvalue weighted by Crippen LogP contribution is 2.04. The number of carbonyl (C=O) groups is 1. The second kappa shape index (κ2) is 2.96. The first-order valence-corrected chi connectivity index (χ1v) is 3.58. The van der Waals surface area contributed by atoms with Crippen molar-refractivity contribution in [2.24, 2.45) is 10.9 Å². The van der Waals surface area contributed by atoms with Crippen LogP contribution in [0.15, 0.2) is 4.99 Å². The lowest BCUT2D eigenvalue weighted by molar-refractivity contribution is -0.139. The highest BCUT2D eigenvalue weighted by Gasteiger charge is 2.24. The summed E-state index contributed by atoms with van der Waals surface area (Å²) in [4.78, 5) is 14.3. The molecule has 0 saturated heterocycles. The standard InChI is InChI=1S/C6H8N2O2S/c1-3-4(5(9)10)2-7-6(11)8-3/h4H,2H2,1H3,(H,7,11)(H,9,10). The maximum absolute atomic E-state index is 10.5. The Hall–Kier alpha value is -0.970. The van der Waals surface area contributed by atoms with Gasteiger partial charge >= 0.3 is 5.97 Å². The van der Waals surface area contributed by atoms with Crippen LogP contribution >= 0.6 is 12.2 Å². The molecular formula is C6H8N2O2S. The fraction of sp³-hybridized carbons (Fsp3) is 0.500. The maximum atomic E-state index is 10.5. The summed E-state index contributed by atoms with van der Waals surface area (Å²) >= 11 is 4.73. The quantitative estimate of drug-likeness (QED) is 0.548. The van der Waals surface area contributed by atoms with Crippen molar-refractivity contribution < 1.29 is 9.90 Å². The number of carboxylic acid groups (broad SMARTS) is 1. The summed E-state index contributed by atoms with van der Waals surface area (Å²) < 4.78 is 0. The molecule has 0 radical (unpaired) electrons. The molecule has 0 aliphatic carbocycles. The molecule has 0 amide bonds. The summed E-state index contributed by atoms with van der Waals surface area (Å²) in [5.74, 6) is -1.39. The lowest BCUT2D eigenvalue weighted by Crippen LogP contribution is -2.40.